The second kappa shape index (κ2) is 24.9. The molecule has 3 atom stereocenters. The van der Waals surface area contributed by atoms with E-state index in [0.29, 0.717) is 43.1 Å². The fourth-order valence-electron chi connectivity index (χ4n) is 9.60. The van der Waals surface area contributed by atoms with Crippen LogP contribution in [0.1, 0.15) is 122 Å². The molecule has 408 valence electrons. The Morgan fingerprint density at radius 3 is 2.28 bits per heavy atom. The number of aromatic nitrogens is 3. The third kappa shape index (κ3) is 14.3. The zero-order valence-electron chi connectivity index (χ0n) is 44.9. The van der Waals surface area contributed by atoms with Gasteiger partial charge in [0.2, 0.25) is 29.6 Å². The number of benzene rings is 3. The van der Waals surface area contributed by atoms with Crippen LogP contribution in [0, 0.1) is 19.3 Å². The number of β-amino-alcohol motifs (C(OH)–C–C–N with tert-alkyl or cyclic N) is 1. The summed E-state index contributed by atoms with van der Waals surface area (Å²) in [7, 11) is -3.61. The molecule has 5 aromatic rings. The number of aryl methyl sites for hydroxylation is 2. The predicted octanol–water partition coefficient (Wildman–Crippen LogP) is 9.40. The number of amides is 4. The number of rotatable bonds is 20. The number of carbonyl (C=O) groups is 4. The molecule has 0 aliphatic carbocycles. The predicted molar refractivity (Wildman–Crippen MR) is 298 cm³/mol. The second-order valence-corrected chi connectivity index (χ2v) is 25.1. The molecule has 2 aromatic heterocycles. The smallest absolute Gasteiger partial charge is 0.246 e. The molecule has 20 heteroatoms. The Balaban J connectivity index is 0.890. The molecular weight excluding hydrogens is 1030 g/mol. The average molecular weight is 1100 g/mol. The molecule has 2 aliphatic rings. The number of sulfone groups is 1. The first-order valence-corrected chi connectivity index (χ1v) is 28.8. The fraction of sp³-hybridized carbons (Fsp3) is 0.482. The Hall–Kier alpha value is -6.15. The first-order chi connectivity index (χ1) is 36.0. The van der Waals surface area contributed by atoms with Crippen molar-refractivity contribution in [1.82, 2.24) is 35.4 Å². The molecule has 0 radical (unpaired) electrons. The van der Waals surface area contributed by atoms with Crippen LogP contribution >= 0.6 is 22.9 Å². The molecule has 76 heavy (non-hydrogen) atoms. The van der Waals surface area contributed by atoms with Crippen molar-refractivity contribution in [3.63, 3.8) is 0 Å². The minimum absolute atomic E-state index is 0.0190. The zero-order valence-corrected chi connectivity index (χ0v) is 47.3. The molecule has 4 amide bonds. The topological polar surface area (TPSA) is 225 Å². The lowest BCUT2D eigenvalue weighted by atomic mass is 9.85. The molecule has 17 nitrogen and oxygen atoms in total. The van der Waals surface area contributed by atoms with E-state index < -0.39 is 44.6 Å². The number of piperidine rings is 1. The van der Waals surface area contributed by atoms with Gasteiger partial charge in [0.25, 0.3) is 0 Å². The molecule has 0 bridgehead atoms. The van der Waals surface area contributed by atoms with E-state index in [1.807, 2.05) is 95.3 Å². The minimum Gasteiger partial charge on any atom is -0.489 e. The summed E-state index contributed by atoms with van der Waals surface area (Å²) in [5.74, 6) is 0.146. The van der Waals surface area contributed by atoms with Gasteiger partial charge in [0, 0.05) is 45.4 Å². The number of nitrogens with one attached hydrogen (secondary N) is 4. The minimum atomic E-state index is -3.61. The van der Waals surface area contributed by atoms with Crippen molar-refractivity contribution >= 4 is 79.5 Å². The number of ether oxygens (including phenoxy) is 1. The van der Waals surface area contributed by atoms with Gasteiger partial charge in [-0.15, -0.1) is 11.3 Å². The normalized spacial score (nSPS) is 16.7. The number of nitrogens with zero attached hydrogens (tertiary/aromatic N) is 5. The molecule has 1 unspecified atom stereocenters. The quantitative estimate of drug-likeness (QED) is 0.0459. The van der Waals surface area contributed by atoms with E-state index in [0.717, 1.165) is 45.7 Å². The van der Waals surface area contributed by atoms with Crippen molar-refractivity contribution in [2.75, 3.05) is 30.3 Å². The summed E-state index contributed by atoms with van der Waals surface area (Å²) in [6.45, 7) is 18.1. The van der Waals surface area contributed by atoms with E-state index in [9.17, 15) is 32.7 Å². The number of aliphatic hydroxyl groups excluding tert-OH is 1. The van der Waals surface area contributed by atoms with Crippen LogP contribution in [-0.4, -0.2) is 111 Å². The van der Waals surface area contributed by atoms with Crippen LogP contribution in [0.2, 0.25) is 5.02 Å². The second-order valence-electron chi connectivity index (χ2n) is 21.4. The van der Waals surface area contributed by atoms with Gasteiger partial charge in [-0.3, -0.25) is 19.2 Å². The highest BCUT2D eigenvalue weighted by molar-refractivity contribution is 7.92. The van der Waals surface area contributed by atoms with Gasteiger partial charge >= 0.3 is 0 Å². The van der Waals surface area contributed by atoms with Gasteiger partial charge in [0.15, 0.2) is 15.7 Å². The summed E-state index contributed by atoms with van der Waals surface area (Å²) < 4.78 is 32.6. The van der Waals surface area contributed by atoms with Crippen LogP contribution in [0.25, 0.3) is 10.4 Å². The Bertz CT molecular complexity index is 2990. The van der Waals surface area contributed by atoms with E-state index in [1.165, 1.54) is 11.1 Å². The molecule has 0 spiro atoms. The summed E-state index contributed by atoms with van der Waals surface area (Å²) in [5, 5.41) is 22.5. The van der Waals surface area contributed by atoms with E-state index in [-0.39, 0.29) is 83.8 Å². The van der Waals surface area contributed by atoms with E-state index >= 15 is 0 Å². The number of likely N-dealkylation sites (tertiary alicyclic amines) is 2. The maximum atomic E-state index is 14.2. The van der Waals surface area contributed by atoms with Crippen molar-refractivity contribution in [2.45, 2.75) is 154 Å². The lowest BCUT2D eigenvalue weighted by Gasteiger charge is -2.35. The Morgan fingerprint density at radius 2 is 1.62 bits per heavy atom. The van der Waals surface area contributed by atoms with Gasteiger partial charge in [-0.2, -0.15) is 4.98 Å². The number of halogens is 1. The molecule has 2 saturated heterocycles. The summed E-state index contributed by atoms with van der Waals surface area (Å²) in [6.07, 6.45) is 3.38. The van der Waals surface area contributed by atoms with Crippen LogP contribution in [0.4, 0.5) is 23.1 Å². The monoisotopic (exact) mass is 1100 g/mol. The van der Waals surface area contributed by atoms with Crippen LogP contribution in [-0.2, 0) is 35.6 Å². The van der Waals surface area contributed by atoms with Crippen molar-refractivity contribution in [3.05, 3.63) is 99.8 Å². The average Bonchev–Trinajstić information content (AvgIpc) is 4.00. The van der Waals surface area contributed by atoms with Crippen LogP contribution in [0.15, 0.2) is 77.3 Å². The number of hydrogen-bond acceptors (Lipinski definition) is 14. The SMILES string of the molecule is Cc1cc(Nc2ncc(Cl)c(Nc3ccccc3S(=O)(=O)C(C)C)n2)c(OC(C)C)cc1C1CCN(C(=O)CCCCC(=O)NC(C(=O)N2C[C@H](O)C[C@H]2C(=O)NCc2ccc(-c3scnc3C)cc2)C(C)(C)C)CC1. The third-order valence-corrected chi connectivity index (χ3v) is 17.3. The Kier molecular flexibility index (Phi) is 18.8. The van der Waals surface area contributed by atoms with E-state index in [2.05, 4.69) is 36.2 Å². The molecule has 7 rings (SSSR count). The number of aliphatic hydroxyl groups is 1. The van der Waals surface area contributed by atoms with Gasteiger partial charge in [0.1, 0.15) is 22.9 Å². The third-order valence-electron chi connectivity index (χ3n) is 13.8. The first kappa shape index (κ1) is 57.6. The maximum absolute atomic E-state index is 14.2. The molecule has 0 saturated carbocycles. The van der Waals surface area contributed by atoms with E-state index in [1.54, 1.807) is 49.4 Å². The van der Waals surface area contributed by atoms with Crippen molar-refractivity contribution < 1.29 is 37.4 Å². The number of para-hydroxylation sites is 1. The van der Waals surface area contributed by atoms with Crippen molar-refractivity contribution in [3.8, 4) is 16.2 Å². The van der Waals surface area contributed by atoms with Gasteiger partial charge in [-0.05, 0) is 125 Å². The zero-order chi connectivity index (χ0) is 55.1. The highest BCUT2D eigenvalue weighted by Crippen LogP contribution is 2.39. The molecule has 2 fully saturated rings. The number of anilines is 4. The molecule has 4 heterocycles. The maximum Gasteiger partial charge on any atom is 0.246 e. The number of thiazole rings is 1. The Morgan fingerprint density at radius 1 is 0.921 bits per heavy atom. The van der Waals surface area contributed by atoms with Crippen molar-refractivity contribution in [1.29, 1.82) is 0 Å². The summed E-state index contributed by atoms with van der Waals surface area (Å²) in [4.78, 5) is 72.4. The Labute approximate surface area is 455 Å². The molecule has 2 aliphatic heterocycles. The molecule has 5 N–H and O–H groups in total. The van der Waals surface area contributed by atoms with Crippen LogP contribution in [0.3, 0.4) is 0 Å². The summed E-state index contributed by atoms with van der Waals surface area (Å²) in [6, 6.07) is 16.7. The first-order valence-electron chi connectivity index (χ1n) is 26.0. The lowest BCUT2D eigenvalue weighted by molar-refractivity contribution is -0.144. The number of hydrogen-bond donors (Lipinski definition) is 5. The van der Waals surface area contributed by atoms with Gasteiger partial charge < -0.3 is 40.9 Å². The van der Waals surface area contributed by atoms with Gasteiger partial charge in [-0.25, -0.2) is 18.4 Å². The molecule has 3 aromatic carbocycles. The fourth-order valence-corrected chi connectivity index (χ4v) is 11.8. The van der Waals surface area contributed by atoms with Crippen molar-refractivity contribution in [2.24, 2.45) is 5.41 Å². The lowest BCUT2D eigenvalue weighted by Crippen LogP contribution is -2.57. The number of unbranched alkanes of at least 4 members (excludes halogenated alkanes) is 1. The van der Waals surface area contributed by atoms with Gasteiger partial charge in [-0.1, -0.05) is 68.8 Å². The van der Waals surface area contributed by atoms with Crippen LogP contribution in [0.5, 0.6) is 5.75 Å². The number of carbonyl (C=O) groups excluding carboxylic acids is 4. The highest BCUT2D eigenvalue weighted by Gasteiger charge is 2.44. The summed E-state index contributed by atoms with van der Waals surface area (Å²) >= 11 is 8.09. The largest absolute Gasteiger partial charge is 0.489 e. The standard InChI is InChI=1S/C56H72ClN9O8S2/c1-33(2)74-46-28-41(35(5)26-44(46)62-55-59-30-42(57)52(64-55)61-43-14-10-11-15-47(43)76(72,73)34(3)4)38-22-24-65(25-23-38)49(69)17-13-12-16-48(68)63-51(56(7,8)9)54(71)66-31-40(67)27-45(66)53(70)58-29-37-18-20-39(21-19-37)50-36(6)60-32-75-50/h10-11,14-15,18-21,26,28,30,32-34,38,40,45,51,67H,12-13,16-17,22-25,27,29,31H2,1-9H3,(H,58,70)(H,63,68)(H2,59,61,62,64)/t40-,45+,51?/m1/s1. The van der Waals surface area contributed by atoms with Gasteiger partial charge in [0.05, 0.1) is 56.0 Å². The summed E-state index contributed by atoms with van der Waals surface area (Å²) in [5.41, 5.74) is 7.13. The molecular formula is C56H72ClN9O8S2. The van der Waals surface area contributed by atoms with E-state index in [4.69, 9.17) is 16.3 Å². The van der Waals surface area contributed by atoms with Crippen LogP contribution < -0.4 is 26.0 Å². The highest BCUT2D eigenvalue weighted by atomic mass is 35.5.